The van der Waals surface area contributed by atoms with E-state index in [2.05, 4.69) is 10.1 Å². The van der Waals surface area contributed by atoms with Gasteiger partial charge in [0.15, 0.2) is 5.82 Å². The minimum absolute atomic E-state index is 0.0744. The van der Waals surface area contributed by atoms with Crippen LogP contribution in [-0.4, -0.2) is 22.3 Å². The van der Waals surface area contributed by atoms with Crippen molar-refractivity contribution >= 4 is 5.78 Å². The van der Waals surface area contributed by atoms with Crippen LogP contribution in [0.3, 0.4) is 0 Å². The number of aryl methyl sites for hydroxylation is 2. The lowest BCUT2D eigenvalue weighted by molar-refractivity contribution is -0.129. The second-order valence-corrected chi connectivity index (χ2v) is 4.72. The molecule has 0 unspecified atom stereocenters. The van der Waals surface area contributed by atoms with Crippen LogP contribution in [0.5, 0.6) is 0 Å². The van der Waals surface area contributed by atoms with Crippen LogP contribution >= 0.6 is 0 Å². The number of Topliss-reactive ketones (excluding diaryl/α,β-unsaturated/α-hetero) is 1. The number of hydrogen-bond acceptors (Lipinski definition) is 4. The number of halogens is 2. The predicted octanol–water partition coefficient (Wildman–Crippen LogP) is 2.65. The predicted molar refractivity (Wildman–Crippen MR) is 67.7 cm³/mol. The SMILES string of the molecule is Cc1cc(C)cc(Cc2noc(CC(=O)C(F)F)n2)c1. The summed E-state index contributed by atoms with van der Waals surface area (Å²) in [6.07, 6.45) is -3.10. The van der Waals surface area contributed by atoms with E-state index in [0.29, 0.717) is 12.2 Å². The summed E-state index contributed by atoms with van der Waals surface area (Å²) in [5.41, 5.74) is 3.25. The molecule has 0 spiro atoms. The van der Waals surface area contributed by atoms with Crippen LogP contribution in [0.25, 0.3) is 0 Å². The lowest BCUT2D eigenvalue weighted by Crippen LogP contribution is -2.13. The van der Waals surface area contributed by atoms with Gasteiger partial charge in [0.2, 0.25) is 11.7 Å². The zero-order valence-electron chi connectivity index (χ0n) is 11.2. The van der Waals surface area contributed by atoms with Crippen LogP contribution in [0.15, 0.2) is 22.7 Å². The molecule has 0 aliphatic rings. The highest BCUT2D eigenvalue weighted by Crippen LogP contribution is 2.13. The zero-order chi connectivity index (χ0) is 14.7. The quantitative estimate of drug-likeness (QED) is 0.845. The number of carbonyl (C=O) groups is 1. The molecule has 0 radical (unpaired) electrons. The van der Waals surface area contributed by atoms with Crippen molar-refractivity contribution in [3.63, 3.8) is 0 Å². The summed E-state index contributed by atoms with van der Waals surface area (Å²) in [5.74, 6) is -0.909. The average Bonchev–Trinajstić information content (AvgIpc) is 2.74. The summed E-state index contributed by atoms with van der Waals surface area (Å²) < 4.78 is 29.0. The molecule has 0 N–H and O–H groups in total. The number of hydrogen-bond donors (Lipinski definition) is 0. The van der Waals surface area contributed by atoms with E-state index in [9.17, 15) is 13.6 Å². The third-order valence-electron chi connectivity index (χ3n) is 2.72. The second kappa shape index (κ2) is 5.90. The van der Waals surface area contributed by atoms with Crippen LogP contribution in [0.2, 0.25) is 0 Å². The summed E-state index contributed by atoms with van der Waals surface area (Å²) in [7, 11) is 0. The Hall–Kier alpha value is -2.11. The van der Waals surface area contributed by atoms with Crippen LogP contribution in [0.4, 0.5) is 8.78 Å². The van der Waals surface area contributed by atoms with Gasteiger partial charge in [-0.15, -0.1) is 0 Å². The highest BCUT2D eigenvalue weighted by atomic mass is 19.3. The van der Waals surface area contributed by atoms with Crippen LogP contribution in [0, 0.1) is 13.8 Å². The molecule has 2 aromatic rings. The fourth-order valence-corrected chi connectivity index (χ4v) is 2.01. The summed E-state index contributed by atoms with van der Waals surface area (Å²) in [4.78, 5) is 14.8. The largest absolute Gasteiger partial charge is 0.339 e. The molecular formula is C14H14F2N2O2. The summed E-state index contributed by atoms with van der Waals surface area (Å²) in [5, 5.41) is 3.70. The first-order chi connectivity index (χ1) is 9.44. The number of carbonyl (C=O) groups excluding carboxylic acids is 1. The molecule has 0 bridgehead atoms. The molecule has 2 rings (SSSR count). The van der Waals surface area contributed by atoms with Crippen molar-refractivity contribution in [1.29, 1.82) is 0 Å². The van der Waals surface area contributed by atoms with Gasteiger partial charge in [0.05, 0.1) is 6.42 Å². The van der Waals surface area contributed by atoms with Crippen molar-refractivity contribution in [2.24, 2.45) is 0 Å². The van der Waals surface area contributed by atoms with Gasteiger partial charge in [-0.1, -0.05) is 34.5 Å². The Kier molecular flexibility index (Phi) is 4.22. The van der Waals surface area contributed by atoms with E-state index >= 15 is 0 Å². The highest BCUT2D eigenvalue weighted by Gasteiger charge is 2.19. The standard InChI is InChI=1S/C14H14F2N2O2/c1-8-3-9(2)5-10(4-8)6-12-17-13(20-18-12)7-11(19)14(15)16/h3-5,14H,6-7H2,1-2H3. The number of aromatic nitrogens is 2. The van der Waals surface area contributed by atoms with Gasteiger partial charge in [0.1, 0.15) is 0 Å². The molecule has 0 saturated carbocycles. The molecular weight excluding hydrogens is 266 g/mol. The lowest BCUT2D eigenvalue weighted by Gasteiger charge is -2.01. The lowest BCUT2D eigenvalue weighted by atomic mass is 10.1. The molecule has 1 heterocycles. The van der Waals surface area contributed by atoms with Gasteiger partial charge in [-0.3, -0.25) is 4.79 Å². The van der Waals surface area contributed by atoms with Crippen molar-refractivity contribution in [3.05, 3.63) is 46.6 Å². The van der Waals surface area contributed by atoms with Gasteiger partial charge < -0.3 is 4.52 Å². The Balaban J connectivity index is 2.07. The molecule has 6 heteroatoms. The van der Waals surface area contributed by atoms with E-state index in [0.717, 1.165) is 16.7 Å². The topological polar surface area (TPSA) is 56.0 Å². The third kappa shape index (κ3) is 3.69. The first kappa shape index (κ1) is 14.3. The van der Waals surface area contributed by atoms with Crippen LogP contribution < -0.4 is 0 Å². The fourth-order valence-electron chi connectivity index (χ4n) is 2.01. The maximum Gasteiger partial charge on any atom is 0.296 e. The third-order valence-corrected chi connectivity index (χ3v) is 2.72. The Morgan fingerprint density at radius 1 is 1.25 bits per heavy atom. The summed E-state index contributed by atoms with van der Waals surface area (Å²) >= 11 is 0. The van der Waals surface area contributed by atoms with Gasteiger partial charge >= 0.3 is 0 Å². The Bertz CT molecular complexity index is 603. The van der Waals surface area contributed by atoms with E-state index in [4.69, 9.17) is 4.52 Å². The maximum absolute atomic E-state index is 12.1. The normalized spacial score (nSPS) is 11.1. The number of ketones is 1. The van der Waals surface area contributed by atoms with Crippen LogP contribution in [-0.2, 0) is 17.6 Å². The number of benzene rings is 1. The van der Waals surface area contributed by atoms with E-state index in [1.54, 1.807) is 0 Å². The average molecular weight is 280 g/mol. The number of alkyl halides is 2. The molecule has 1 aromatic heterocycles. The van der Waals surface area contributed by atoms with Gasteiger partial charge in [-0.2, -0.15) is 4.98 Å². The monoisotopic (exact) mass is 280 g/mol. The molecule has 0 saturated heterocycles. The Labute approximate surface area is 114 Å². The minimum Gasteiger partial charge on any atom is -0.339 e. The van der Waals surface area contributed by atoms with E-state index in [1.165, 1.54) is 0 Å². The first-order valence-corrected chi connectivity index (χ1v) is 6.13. The van der Waals surface area contributed by atoms with Crippen molar-refractivity contribution < 1.29 is 18.1 Å². The van der Waals surface area contributed by atoms with E-state index in [-0.39, 0.29) is 5.89 Å². The minimum atomic E-state index is -3.01. The van der Waals surface area contributed by atoms with E-state index in [1.807, 2.05) is 32.0 Å². The van der Waals surface area contributed by atoms with Gasteiger partial charge in [0, 0.05) is 6.42 Å². The van der Waals surface area contributed by atoms with Crippen molar-refractivity contribution in [1.82, 2.24) is 10.1 Å². The van der Waals surface area contributed by atoms with Gasteiger partial charge in [-0.05, 0) is 19.4 Å². The van der Waals surface area contributed by atoms with Crippen molar-refractivity contribution in [2.75, 3.05) is 0 Å². The molecule has 4 nitrogen and oxygen atoms in total. The van der Waals surface area contributed by atoms with Crippen molar-refractivity contribution in [3.8, 4) is 0 Å². The number of rotatable bonds is 5. The van der Waals surface area contributed by atoms with E-state index < -0.39 is 18.6 Å². The first-order valence-electron chi connectivity index (χ1n) is 6.13. The fraction of sp³-hybridized carbons (Fsp3) is 0.357. The van der Waals surface area contributed by atoms with Gasteiger partial charge in [0.25, 0.3) is 6.43 Å². The molecule has 0 atom stereocenters. The molecule has 106 valence electrons. The molecule has 0 amide bonds. The summed E-state index contributed by atoms with van der Waals surface area (Å²) in [6.45, 7) is 3.97. The smallest absolute Gasteiger partial charge is 0.296 e. The molecule has 0 aliphatic heterocycles. The highest BCUT2D eigenvalue weighted by molar-refractivity contribution is 5.82. The van der Waals surface area contributed by atoms with Crippen molar-refractivity contribution in [2.45, 2.75) is 33.1 Å². The zero-order valence-corrected chi connectivity index (χ0v) is 11.2. The van der Waals surface area contributed by atoms with Gasteiger partial charge in [-0.25, -0.2) is 8.78 Å². The Morgan fingerprint density at radius 3 is 2.50 bits per heavy atom. The van der Waals surface area contributed by atoms with Crippen LogP contribution in [0.1, 0.15) is 28.4 Å². The molecule has 20 heavy (non-hydrogen) atoms. The molecule has 0 fully saturated rings. The second-order valence-electron chi connectivity index (χ2n) is 4.72. The Morgan fingerprint density at radius 2 is 1.90 bits per heavy atom. The molecule has 1 aromatic carbocycles. The summed E-state index contributed by atoms with van der Waals surface area (Å²) in [6, 6.07) is 6.03. The number of nitrogens with zero attached hydrogens (tertiary/aromatic N) is 2. The molecule has 0 aliphatic carbocycles. The maximum atomic E-state index is 12.1.